The lowest BCUT2D eigenvalue weighted by Crippen LogP contribution is -2.46. The van der Waals surface area contributed by atoms with Gasteiger partial charge in [-0.3, -0.25) is 4.79 Å². The van der Waals surface area contributed by atoms with E-state index in [1.54, 1.807) is 14.2 Å². The van der Waals surface area contributed by atoms with Crippen LogP contribution in [0.1, 0.15) is 36.9 Å². The van der Waals surface area contributed by atoms with Gasteiger partial charge in [0.15, 0.2) is 0 Å². The Bertz CT molecular complexity index is 967. The molecule has 0 radical (unpaired) electrons. The van der Waals surface area contributed by atoms with E-state index < -0.39 is 0 Å². The molecule has 4 rings (SSSR count). The molecule has 3 aromatic rings. The number of hydrogen-bond donors (Lipinski definition) is 1. The van der Waals surface area contributed by atoms with Gasteiger partial charge in [-0.15, -0.1) is 0 Å². The van der Waals surface area contributed by atoms with Crippen LogP contribution in [0.4, 0.5) is 11.4 Å². The molecule has 1 heterocycles. The average molecular weight is 419 g/mol. The fourth-order valence-corrected chi connectivity index (χ4v) is 3.55. The minimum atomic E-state index is 0.0943. The zero-order valence-corrected chi connectivity index (χ0v) is 18.4. The number of amides is 1. The maximum absolute atomic E-state index is 12.0. The highest BCUT2D eigenvalue weighted by Crippen LogP contribution is 2.39. The van der Waals surface area contributed by atoms with Crippen molar-refractivity contribution in [2.75, 3.05) is 24.9 Å². The van der Waals surface area contributed by atoms with Crippen LogP contribution >= 0.6 is 0 Å². The number of β-lactam (4-membered cyclic amide) rings is 1. The number of rotatable bonds is 6. The second-order valence-electron chi connectivity index (χ2n) is 7.45. The Morgan fingerprint density at radius 3 is 1.90 bits per heavy atom. The first-order valence-corrected chi connectivity index (χ1v) is 10.5. The van der Waals surface area contributed by atoms with Gasteiger partial charge >= 0.3 is 0 Å². The number of anilines is 2. The molecule has 3 aromatic carbocycles. The van der Waals surface area contributed by atoms with E-state index in [-0.39, 0.29) is 11.9 Å². The number of aryl methyl sites for hydroxylation is 1. The lowest BCUT2D eigenvalue weighted by Gasteiger charge is -2.40. The first kappa shape index (κ1) is 22.2. The molecule has 1 unspecified atom stereocenters. The largest absolute Gasteiger partial charge is 0.497 e. The van der Waals surface area contributed by atoms with Crippen LogP contribution in [0, 0.1) is 0 Å². The summed E-state index contributed by atoms with van der Waals surface area (Å²) < 4.78 is 10.3. The number of nitrogen functional groups attached to an aromatic ring is 1. The van der Waals surface area contributed by atoms with Gasteiger partial charge < -0.3 is 20.1 Å². The Morgan fingerprint density at radius 2 is 1.42 bits per heavy atom. The number of methoxy groups -OCH3 is 2. The Hall–Kier alpha value is -3.47. The molecule has 0 bridgehead atoms. The van der Waals surface area contributed by atoms with Crippen LogP contribution in [0.15, 0.2) is 72.8 Å². The molecule has 0 aromatic heterocycles. The molecule has 1 saturated heterocycles. The zero-order valence-electron chi connectivity index (χ0n) is 18.4. The summed E-state index contributed by atoms with van der Waals surface area (Å²) >= 11 is 0. The normalized spacial score (nSPS) is 14.9. The van der Waals surface area contributed by atoms with Gasteiger partial charge in [0, 0.05) is 11.4 Å². The summed E-state index contributed by atoms with van der Waals surface area (Å²) in [5.74, 6) is 1.74. The van der Waals surface area contributed by atoms with Crippen LogP contribution in [0.3, 0.4) is 0 Å². The van der Waals surface area contributed by atoms with Gasteiger partial charge in [0.2, 0.25) is 5.91 Å². The highest BCUT2D eigenvalue weighted by Gasteiger charge is 2.38. The number of hydrogen-bond acceptors (Lipinski definition) is 4. The molecule has 1 aliphatic rings. The van der Waals surface area contributed by atoms with Crippen LogP contribution in [0.2, 0.25) is 0 Å². The Balaban J connectivity index is 0.000000229. The van der Waals surface area contributed by atoms with Gasteiger partial charge in [-0.1, -0.05) is 37.6 Å². The smallest absolute Gasteiger partial charge is 0.230 e. The first-order valence-electron chi connectivity index (χ1n) is 10.5. The third-order valence-corrected chi connectivity index (χ3v) is 5.32. The Labute approximate surface area is 184 Å². The summed E-state index contributed by atoms with van der Waals surface area (Å²) in [5, 5.41) is 0. The number of nitrogens with two attached hydrogens (primary N) is 1. The van der Waals surface area contributed by atoms with Gasteiger partial charge in [-0.25, -0.2) is 0 Å². The highest BCUT2D eigenvalue weighted by atomic mass is 16.5. The molecule has 1 fully saturated rings. The summed E-state index contributed by atoms with van der Waals surface area (Å²) in [6, 6.07) is 23.6. The molecule has 0 saturated carbocycles. The third-order valence-electron chi connectivity index (χ3n) is 5.32. The number of carbonyl (C=O) groups is 1. The van der Waals surface area contributed by atoms with Crippen LogP contribution in [0.25, 0.3) is 0 Å². The van der Waals surface area contributed by atoms with Crippen molar-refractivity contribution < 1.29 is 14.3 Å². The van der Waals surface area contributed by atoms with Gasteiger partial charge in [0.05, 0.1) is 26.7 Å². The minimum Gasteiger partial charge on any atom is -0.497 e. The molecule has 31 heavy (non-hydrogen) atoms. The van der Waals surface area contributed by atoms with Crippen LogP contribution in [-0.4, -0.2) is 20.1 Å². The van der Waals surface area contributed by atoms with E-state index in [4.69, 9.17) is 15.2 Å². The van der Waals surface area contributed by atoms with E-state index in [1.807, 2.05) is 65.6 Å². The fourth-order valence-electron chi connectivity index (χ4n) is 3.55. The maximum atomic E-state index is 12.0. The quantitative estimate of drug-likeness (QED) is 0.430. The average Bonchev–Trinajstić information content (AvgIpc) is 2.80. The monoisotopic (exact) mass is 418 g/mol. The molecule has 0 spiro atoms. The predicted octanol–water partition coefficient (Wildman–Crippen LogP) is 5.40. The lowest BCUT2D eigenvalue weighted by molar-refractivity contribution is -0.124. The number of ether oxygens (including phenoxy) is 2. The summed E-state index contributed by atoms with van der Waals surface area (Å²) in [6.45, 7) is 2.18. The second kappa shape index (κ2) is 10.5. The van der Waals surface area contributed by atoms with E-state index in [2.05, 4.69) is 19.1 Å². The lowest BCUT2D eigenvalue weighted by atomic mass is 9.93. The topological polar surface area (TPSA) is 64.8 Å². The van der Waals surface area contributed by atoms with Crippen molar-refractivity contribution in [3.8, 4) is 11.5 Å². The molecular formula is C26H30N2O3. The van der Waals surface area contributed by atoms with Gasteiger partial charge in [-0.05, 0) is 66.1 Å². The van der Waals surface area contributed by atoms with Crippen molar-refractivity contribution in [1.29, 1.82) is 0 Å². The molecular weight excluding hydrogens is 388 g/mol. The van der Waals surface area contributed by atoms with E-state index in [9.17, 15) is 4.79 Å². The first-order chi connectivity index (χ1) is 15.0. The van der Waals surface area contributed by atoms with Crippen LogP contribution in [0.5, 0.6) is 11.5 Å². The second-order valence-corrected chi connectivity index (χ2v) is 7.45. The van der Waals surface area contributed by atoms with Crippen molar-refractivity contribution in [1.82, 2.24) is 0 Å². The van der Waals surface area contributed by atoms with Crippen molar-refractivity contribution in [3.05, 3.63) is 83.9 Å². The molecule has 1 amide bonds. The number of carbonyl (C=O) groups excluding carboxylic acids is 1. The summed E-state index contributed by atoms with van der Waals surface area (Å²) in [6.07, 6.45) is 2.89. The van der Waals surface area contributed by atoms with Crippen molar-refractivity contribution in [2.24, 2.45) is 0 Å². The van der Waals surface area contributed by atoms with E-state index in [0.29, 0.717) is 6.42 Å². The minimum absolute atomic E-state index is 0.0943. The molecule has 5 heteroatoms. The van der Waals surface area contributed by atoms with Crippen LogP contribution < -0.4 is 20.1 Å². The number of nitrogens with zero attached hydrogens (tertiary/aromatic N) is 1. The standard InChI is InChI=1S/C17H17NO3.C9H13N/c1-20-14-7-3-12(4-8-14)16-11-17(19)18(16)13-5-9-15(21-2)10-6-13;1-2-3-8-4-6-9(10)7-5-8/h3-10,16H,11H2,1-2H3;4-7H,2-3,10H2,1H3. The maximum Gasteiger partial charge on any atom is 0.230 e. The van der Waals surface area contributed by atoms with E-state index in [1.165, 1.54) is 12.0 Å². The summed E-state index contributed by atoms with van der Waals surface area (Å²) in [5.41, 5.74) is 9.75. The molecule has 5 nitrogen and oxygen atoms in total. The molecule has 2 N–H and O–H groups in total. The third kappa shape index (κ3) is 5.57. The van der Waals surface area contributed by atoms with Gasteiger partial charge in [0.25, 0.3) is 0 Å². The highest BCUT2D eigenvalue weighted by molar-refractivity contribution is 6.01. The SMILES string of the molecule is CCCc1ccc(N)cc1.COc1ccc(C2CC(=O)N2c2ccc(OC)cc2)cc1. The Kier molecular flexibility index (Phi) is 7.55. The summed E-state index contributed by atoms with van der Waals surface area (Å²) in [7, 11) is 3.27. The van der Waals surface area contributed by atoms with Crippen molar-refractivity contribution >= 4 is 17.3 Å². The van der Waals surface area contributed by atoms with Crippen molar-refractivity contribution in [2.45, 2.75) is 32.2 Å². The molecule has 1 atom stereocenters. The predicted molar refractivity (Wildman–Crippen MR) is 126 cm³/mol. The number of benzene rings is 3. The van der Waals surface area contributed by atoms with E-state index >= 15 is 0 Å². The van der Waals surface area contributed by atoms with Gasteiger partial charge in [0.1, 0.15) is 11.5 Å². The molecule has 0 aliphatic carbocycles. The fraction of sp³-hybridized carbons (Fsp3) is 0.269. The zero-order chi connectivity index (χ0) is 22.2. The molecule has 162 valence electrons. The molecule has 1 aliphatic heterocycles. The van der Waals surface area contributed by atoms with E-state index in [0.717, 1.165) is 34.9 Å². The summed E-state index contributed by atoms with van der Waals surface area (Å²) in [4.78, 5) is 13.8. The van der Waals surface area contributed by atoms with Crippen LogP contribution in [-0.2, 0) is 11.2 Å². The van der Waals surface area contributed by atoms with Crippen molar-refractivity contribution in [3.63, 3.8) is 0 Å². The van der Waals surface area contributed by atoms with Gasteiger partial charge in [-0.2, -0.15) is 0 Å². The Morgan fingerprint density at radius 1 is 0.871 bits per heavy atom.